The van der Waals surface area contributed by atoms with Gasteiger partial charge in [0.2, 0.25) is 5.91 Å². The van der Waals surface area contributed by atoms with Crippen molar-refractivity contribution in [1.29, 1.82) is 0 Å². The summed E-state index contributed by atoms with van der Waals surface area (Å²) in [6.45, 7) is 3.54. The predicted molar refractivity (Wildman–Crippen MR) is 99.7 cm³/mol. The molecule has 2 unspecified atom stereocenters. The van der Waals surface area contributed by atoms with Crippen LogP contribution in [0.3, 0.4) is 0 Å². The number of halogens is 2. The third kappa shape index (κ3) is 3.42. The number of anilines is 1. The van der Waals surface area contributed by atoms with Crippen LogP contribution in [-0.4, -0.2) is 12.5 Å². The molecule has 1 amide bonds. The first kappa shape index (κ1) is 17.9. The summed E-state index contributed by atoms with van der Waals surface area (Å²) in [4.78, 5) is 12.5. The summed E-state index contributed by atoms with van der Waals surface area (Å²) in [7, 11) is 0. The van der Waals surface area contributed by atoms with E-state index < -0.39 is 0 Å². The van der Waals surface area contributed by atoms with Gasteiger partial charge in [0.1, 0.15) is 5.82 Å². The smallest absolute Gasteiger partial charge is 0.228 e. The lowest BCUT2D eigenvalue weighted by atomic mass is 9.99. The number of benzene rings is 2. The molecule has 25 heavy (non-hydrogen) atoms. The zero-order valence-corrected chi connectivity index (χ0v) is 15.0. The fourth-order valence-electron chi connectivity index (χ4n) is 3.69. The van der Waals surface area contributed by atoms with Crippen LogP contribution in [0.25, 0.3) is 0 Å². The minimum atomic E-state index is -0.268. The van der Waals surface area contributed by atoms with Gasteiger partial charge in [-0.3, -0.25) is 4.79 Å². The molecule has 0 spiro atoms. The Kier molecular flexibility index (Phi) is 5.11. The maximum Gasteiger partial charge on any atom is 0.228 e. The highest BCUT2D eigenvalue weighted by molar-refractivity contribution is 5.95. The Labute approximate surface area is 153 Å². The molecule has 4 rings (SSSR count). The zero-order chi connectivity index (χ0) is 16.7. The summed E-state index contributed by atoms with van der Waals surface area (Å²) >= 11 is 0. The number of nitrogens with one attached hydrogen (secondary N) is 2. The van der Waals surface area contributed by atoms with Gasteiger partial charge in [-0.2, -0.15) is 0 Å². The van der Waals surface area contributed by atoms with Gasteiger partial charge in [0.05, 0.1) is 5.69 Å². The second kappa shape index (κ2) is 7.14. The number of carbonyl (C=O) groups excluding carboxylic acids is 1. The Morgan fingerprint density at radius 3 is 2.84 bits per heavy atom. The van der Waals surface area contributed by atoms with Crippen molar-refractivity contribution in [3.8, 4) is 0 Å². The molecule has 0 bridgehead atoms. The molecular weight excluding hydrogens is 339 g/mol. The van der Waals surface area contributed by atoms with Crippen molar-refractivity contribution in [2.75, 3.05) is 11.9 Å². The number of rotatable bonds is 3. The number of hydrogen-bond donors (Lipinski definition) is 2. The van der Waals surface area contributed by atoms with Gasteiger partial charge in [0.15, 0.2) is 0 Å². The molecule has 3 nitrogen and oxygen atoms in total. The van der Waals surface area contributed by atoms with E-state index in [9.17, 15) is 9.18 Å². The van der Waals surface area contributed by atoms with Gasteiger partial charge in [-0.25, -0.2) is 4.39 Å². The molecule has 0 aromatic heterocycles. The molecule has 0 saturated heterocycles. The Hall–Kier alpha value is -1.91. The Bertz CT molecular complexity index is 808. The minimum absolute atomic E-state index is 0. The topological polar surface area (TPSA) is 41.1 Å². The molecule has 2 N–H and O–H groups in total. The zero-order valence-electron chi connectivity index (χ0n) is 14.1. The highest BCUT2D eigenvalue weighted by Gasteiger charge is 2.44. The molecule has 2 aliphatic rings. The Balaban J connectivity index is 0.00000182. The molecule has 1 aliphatic heterocycles. The average molecular weight is 361 g/mol. The van der Waals surface area contributed by atoms with E-state index in [0.29, 0.717) is 18.7 Å². The van der Waals surface area contributed by atoms with E-state index in [4.69, 9.17) is 0 Å². The van der Waals surface area contributed by atoms with Gasteiger partial charge >= 0.3 is 0 Å². The van der Waals surface area contributed by atoms with Gasteiger partial charge in [0, 0.05) is 12.5 Å². The highest BCUT2D eigenvalue weighted by atomic mass is 35.5. The summed E-state index contributed by atoms with van der Waals surface area (Å²) in [5.41, 5.74) is 4.48. The van der Waals surface area contributed by atoms with Crippen LogP contribution in [0.1, 0.15) is 34.6 Å². The van der Waals surface area contributed by atoms with Crippen LogP contribution in [0.5, 0.6) is 0 Å². The van der Waals surface area contributed by atoms with Crippen molar-refractivity contribution in [2.24, 2.45) is 5.92 Å². The van der Waals surface area contributed by atoms with Crippen LogP contribution in [0, 0.1) is 18.7 Å². The molecule has 1 fully saturated rings. The SMILES string of the molecule is Cc1ccccc1C1CC1C(=O)Nc1ccc2c(c1F)CCNC2.Cl. The molecule has 132 valence electrons. The van der Waals surface area contributed by atoms with E-state index in [2.05, 4.69) is 29.7 Å². The van der Waals surface area contributed by atoms with Crippen LogP contribution >= 0.6 is 12.4 Å². The fourth-order valence-corrected chi connectivity index (χ4v) is 3.69. The first-order valence-corrected chi connectivity index (χ1v) is 8.52. The third-order valence-corrected chi connectivity index (χ3v) is 5.18. The molecule has 5 heteroatoms. The number of amides is 1. The van der Waals surface area contributed by atoms with E-state index >= 15 is 0 Å². The molecule has 2 aromatic carbocycles. The largest absolute Gasteiger partial charge is 0.323 e. The number of hydrogen-bond acceptors (Lipinski definition) is 2. The van der Waals surface area contributed by atoms with Crippen molar-refractivity contribution in [3.05, 3.63) is 64.5 Å². The second-order valence-corrected chi connectivity index (χ2v) is 6.79. The molecule has 2 aromatic rings. The van der Waals surface area contributed by atoms with E-state index in [-0.39, 0.29) is 36.0 Å². The maximum absolute atomic E-state index is 14.6. The normalized spacial score (nSPS) is 21.0. The molecule has 1 heterocycles. The van der Waals surface area contributed by atoms with Gasteiger partial charge in [-0.05, 0) is 60.5 Å². The first-order chi connectivity index (χ1) is 11.6. The van der Waals surface area contributed by atoms with E-state index in [1.54, 1.807) is 6.07 Å². The Morgan fingerprint density at radius 2 is 2.04 bits per heavy atom. The number of carbonyl (C=O) groups is 1. The van der Waals surface area contributed by atoms with E-state index in [1.807, 2.05) is 18.2 Å². The standard InChI is InChI=1S/C20H21FN2O.ClH/c1-12-4-2-3-5-14(12)16-10-17(16)20(24)23-18-7-6-13-11-22-9-8-15(13)19(18)21;/h2-7,16-17,22H,8-11H2,1H3,(H,23,24);1H. The number of aryl methyl sites for hydroxylation is 1. The summed E-state index contributed by atoms with van der Waals surface area (Å²) in [5.74, 6) is -0.134. The van der Waals surface area contributed by atoms with Crippen LogP contribution in [0.4, 0.5) is 10.1 Å². The lowest BCUT2D eigenvalue weighted by Crippen LogP contribution is -2.25. The monoisotopic (exact) mass is 360 g/mol. The van der Waals surface area contributed by atoms with Gasteiger partial charge in [-0.15, -0.1) is 12.4 Å². The van der Waals surface area contributed by atoms with Crippen LogP contribution in [0.2, 0.25) is 0 Å². The number of fused-ring (bicyclic) bond motifs is 1. The van der Waals surface area contributed by atoms with Gasteiger partial charge < -0.3 is 10.6 Å². The van der Waals surface area contributed by atoms with Crippen molar-refractivity contribution in [2.45, 2.75) is 32.2 Å². The quantitative estimate of drug-likeness (QED) is 0.870. The lowest BCUT2D eigenvalue weighted by molar-refractivity contribution is -0.117. The van der Waals surface area contributed by atoms with E-state index in [1.165, 1.54) is 11.1 Å². The minimum Gasteiger partial charge on any atom is -0.323 e. The predicted octanol–water partition coefficient (Wildman–Crippen LogP) is 3.94. The van der Waals surface area contributed by atoms with Crippen LogP contribution in [-0.2, 0) is 17.8 Å². The lowest BCUT2D eigenvalue weighted by Gasteiger charge is -2.19. The van der Waals surface area contributed by atoms with E-state index in [0.717, 1.165) is 24.1 Å². The van der Waals surface area contributed by atoms with Crippen LogP contribution < -0.4 is 10.6 Å². The maximum atomic E-state index is 14.6. The second-order valence-electron chi connectivity index (χ2n) is 6.79. The summed E-state index contributed by atoms with van der Waals surface area (Å²) < 4.78 is 14.6. The van der Waals surface area contributed by atoms with Crippen molar-refractivity contribution in [1.82, 2.24) is 5.32 Å². The van der Waals surface area contributed by atoms with Crippen LogP contribution in [0.15, 0.2) is 36.4 Å². The molecule has 2 atom stereocenters. The Morgan fingerprint density at radius 1 is 1.24 bits per heavy atom. The molecule has 1 saturated carbocycles. The summed E-state index contributed by atoms with van der Waals surface area (Å²) in [5, 5.41) is 6.04. The van der Waals surface area contributed by atoms with Gasteiger partial charge in [0.25, 0.3) is 0 Å². The fraction of sp³-hybridized carbons (Fsp3) is 0.350. The first-order valence-electron chi connectivity index (χ1n) is 8.52. The van der Waals surface area contributed by atoms with Crippen molar-refractivity contribution in [3.63, 3.8) is 0 Å². The summed E-state index contributed by atoms with van der Waals surface area (Å²) in [6.07, 6.45) is 1.51. The van der Waals surface area contributed by atoms with Crippen molar-refractivity contribution >= 4 is 24.0 Å². The average Bonchev–Trinajstić information content (AvgIpc) is 3.39. The van der Waals surface area contributed by atoms with Crippen molar-refractivity contribution < 1.29 is 9.18 Å². The third-order valence-electron chi connectivity index (χ3n) is 5.18. The summed E-state index contributed by atoms with van der Waals surface area (Å²) in [6, 6.07) is 11.8. The highest BCUT2D eigenvalue weighted by Crippen LogP contribution is 2.49. The van der Waals surface area contributed by atoms with Gasteiger partial charge in [-0.1, -0.05) is 30.3 Å². The molecule has 0 radical (unpaired) electrons. The molecule has 1 aliphatic carbocycles. The molecular formula is C20H22ClFN2O.